The molecule has 0 aliphatic heterocycles. The van der Waals surface area contributed by atoms with Crippen LogP contribution in [0.15, 0.2) is 42.5 Å². The second-order valence-electron chi connectivity index (χ2n) is 4.40. The number of hydrogen-bond donors (Lipinski definition) is 2. The van der Waals surface area contributed by atoms with Crippen molar-refractivity contribution in [1.82, 2.24) is 15.1 Å². The first-order chi connectivity index (χ1) is 9.63. The van der Waals surface area contributed by atoms with E-state index in [0.29, 0.717) is 16.6 Å². The van der Waals surface area contributed by atoms with Crippen molar-refractivity contribution in [3.63, 3.8) is 0 Å². The Balaban J connectivity index is 1.72. The van der Waals surface area contributed by atoms with Crippen molar-refractivity contribution >= 4 is 40.3 Å². The Labute approximate surface area is 125 Å². The first kappa shape index (κ1) is 13.1. The third-order valence-electron chi connectivity index (χ3n) is 2.97. The summed E-state index contributed by atoms with van der Waals surface area (Å²) in [6.45, 7) is 0.410. The van der Waals surface area contributed by atoms with E-state index in [1.165, 1.54) is 4.68 Å². The van der Waals surface area contributed by atoms with E-state index in [4.69, 9.17) is 23.2 Å². The summed E-state index contributed by atoms with van der Waals surface area (Å²) in [5, 5.41) is 6.99. The second kappa shape index (κ2) is 5.23. The quantitative estimate of drug-likeness (QED) is 0.737. The van der Waals surface area contributed by atoms with Crippen molar-refractivity contribution in [2.24, 2.45) is 0 Å². The predicted molar refractivity (Wildman–Crippen MR) is 80.4 cm³/mol. The molecule has 3 rings (SSSR count). The molecule has 6 heteroatoms. The molecular weight excluding hydrogens is 297 g/mol. The van der Waals surface area contributed by atoms with Gasteiger partial charge in [0.2, 0.25) is 0 Å². The van der Waals surface area contributed by atoms with Gasteiger partial charge >= 0.3 is 6.03 Å². The Morgan fingerprint density at radius 2 is 1.95 bits per heavy atom. The van der Waals surface area contributed by atoms with Gasteiger partial charge in [-0.3, -0.25) is 5.10 Å². The molecule has 0 aliphatic rings. The standard InChI is InChI=1S/C14H11Cl2N3O/c15-10-3-1-2-9(6-10)8-17-14(20)19-13-7-11(16)4-5-12(13)18-19/h1-7,18H,8H2,(H,17,20). The van der Waals surface area contributed by atoms with Crippen LogP contribution in [0.25, 0.3) is 11.0 Å². The van der Waals surface area contributed by atoms with Gasteiger partial charge in [0.25, 0.3) is 0 Å². The van der Waals surface area contributed by atoms with Gasteiger partial charge in [-0.2, -0.15) is 0 Å². The Hall–Kier alpha value is -1.91. The van der Waals surface area contributed by atoms with Crippen LogP contribution in [0.4, 0.5) is 4.79 Å². The molecule has 0 atom stereocenters. The average Bonchev–Trinajstić information content (AvgIpc) is 2.40. The van der Waals surface area contributed by atoms with Crippen LogP contribution in [0.3, 0.4) is 0 Å². The normalized spacial score (nSPS) is 10.9. The fourth-order valence-corrected chi connectivity index (χ4v) is 2.36. The molecule has 0 saturated heterocycles. The number of carbonyl (C=O) groups excluding carboxylic acids is 1. The van der Waals surface area contributed by atoms with Gasteiger partial charge in [0.05, 0.1) is 11.0 Å². The summed E-state index contributed by atoms with van der Waals surface area (Å²) in [5.41, 5.74) is 2.59. The van der Waals surface area contributed by atoms with Gasteiger partial charge in [-0.15, -0.1) is 0 Å². The Morgan fingerprint density at radius 3 is 2.75 bits per heavy atom. The molecule has 0 fully saturated rings. The summed E-state index contributed by atoms with van der Waals surface area (Å²) in [7, 11) is 0. The van der Waals surface area contributed by atoms with Crippen LogP contribution in [0, 0.1) is 0 Å². The maximum Gasteiger partial charge on any atom is 0.341 e. The minimum Gasteiger partial charge on any atom is -0.332 e. The van der Waals surface area contributed by atoms with Crippen molar-refractivity contribution in [1.29, 1.82) is 0 Å². The van der Waals surface area contributed by atoms with Crippen LogP contribution in [0.5, 0.6) is 0 Å². The Kier molecular flexibility index (Phi) is 3.42. The zero-order valence-corrected chi connectivity index (χ0v) is 11.9. The summed E-state index contributed by atoms with van der Waals surface area (Å²) >= 11 is 11.8. The zero-order chi connectivity index (χ0) is 14.1. The largest absolute Gasteiger partial charge is 0.341 e. The monoisotopic (exact) mass is 307 g/mol. The number of halogens is 2. The molecule has 1 heterocycles. The predicted octanol–water partition coefficient (Wildman–Crippen LogP) is 4.03. The van der Waals surface area contributed by atoms with E-state index in [-0.39, 0.29) is 6.03 Å². The minimum atomic E-state index is -0.236. The molecule has 3 aromatic rings. The summed E-state index contributed by atoms with van der Waals surface area (Å²) in [6, 6.07) is 12.5. The fraction of sp³-hybridized carbons (Fsp3) is 0.0714. The molecule has 0 bridgehead atoms. The highest BCUT2D eigenvalue weighted by Crippen LogP contribution is 2.19. The van der Waals surface area contributed by atoms with Crippen LogP contribution in [0.1, 0.15) is 5.56 Å². The summed E-state index contributed by atoms with van der Waals surface area (Å²) in [5.74, 6) is 0. The Morgan fingerprint density at radius 1 is 1.15 bits per heavy atom. The lowest BCUT2D eigenvalue weighted by molar-refractivity contribution is 0.239. The number of rotatable bonds is 2. The minimum absolute atomic E-state index is 0.236. The maximum absolute atomic E-state index is 12.0. The van der Waals surface area contributed by atoms with Gasteiger partial charge in [0.1, 0.15) is 0 Å². The molecule has 20 heavy (non-hydrogen) atoms. The van der Waals surface area contributed by atoms with Crippen molar-refractivity contribution in [2.45, 2.75) is 6.54 Å². The fourth-order valence-electron chi connectivity index (χ4n) is 1.98. The third kappa shape index (κ3) is 2.53. The highest BCUT2D eigenvalue weighted by molar-refractivity contribution is 6.31. The average molecular weight is 308 g/mol. The molecule has 1 aromatic heterocycles. The lowest BCUT2D eigenvalue weighted by Gasteiger charge is -2.16. The van der Waals surface area contributed by atoms with Crippen LogP contribution < -0.4 is 5.32 Å². The van der Waals surface area contributed by atoms with E-state index in [1.54, 1.807) is 18.2 Å². The molecule has 2 aromatic carbocycles. The smallest absolute Gasteiger partial charge is 0.332 e. The van der Waals surface area contributed by atoms with Gasteiger partial charge in [-0.1, -0.05) is 35.3 Å². The second-order valence-corrected chi connectivity index (χ2v) is 5.27. The lowest BCUT2D eigenvalue weighted by atomic mass is 10.2. The number of H-pyrrole nitrogens is 1. The van der Waals surface area contributed by atoms with Crippen molar-refractivity contribution in [3.05, 3.63) is 58.1 Å². The van der Waals surface area contributed by atoms with Gasteiger partial charge in [-0.05, 0) is 35.9 Å². The zero-order valence-electron chi connectivity index (χ0n) is 10.4. The number of carbonyl (C=O) groups is 1. The molecular formula is C14H11Cl2N3O. The van der Waals surface area contributed by atoms with Crippen LogP contribution in [-0.2, 0) is 6.54 Å². The van der Waals surface area contributed by atoms with Crippen molar-refractivity contribution in [2.75, 3.05) is 0 Å². The number of hydrogen-bond acceptors (Lipinski definition) is 1. The number of fused-ring (bicyclic) bond motifs is 1. The number of aromatic nitrogens is 2. The molecule has 2 N–H and O–H groups in total. The summed E-state index contributed by atoms with van der Waals surface area (Å²) in [6.07, 6.45) is 0. The topological polar surface area (TPSA) is 49.8 Å². The van der Waals surface area contributed by atoms with Crippen molar-refractivity contribution in [3.8, 4) is 0 Å². The van der Waals surface area contributed by atoms with Crippen LogP contribution in [-0.4, -0.2) is 15.8 Å². The van der Waals surface area contributed by atoms with E-state index in [2.05, 4.69) is 10.4 Å². The lowest BCUT2D eigenvalue weighted by Crippen LogP contribution is -2.32. The number of nitrogens with one attached hydrogen (secondary N) is 2. The first-order valence-corrected chi connectivity index (χ1v) is 6.78. The molecule has 102 valence electrons. The highest BCUT2D eigenvalue weighted by Gasteiger charge is 2.12. The van der Waals surface area contributed by atoms with Gasteiger partial charge in [-0.25, -0.2) is 9.48 Å². The Bertz CT molecular complexity index is 776. The summed E-state index contributed by atoms with van der Waals surface area (Å²) in [4.78, 5) is 12.0. The van der Waals surface area contributed by atoms with E-state index < -0.39 is 0 Å². The van der Waals surface area contributed by atoms with E-state index in [9.17, 15) is 4.79 Å². The van der Waals surface area contributed by atoms with Crippen LogP contribution in [0.2, 0.25) is 10.0 Å². The number of benzene rings is 2. The summed E-state index contributed by atoms with van der Waals surface area (Å²) < 4.78 is 1.42. The van der Waals surface area contributed by atoms with Gasteiger partial charge in [0, 0.05) is 16.6 Å². The molecule has 0 saturated carbocycles. The SMILES string of the molecule is O=C(NCc1cccc(Cl)c1)n1[nH]c2ccc(Cl)cc21. The number of amides is 1. The molecule has 4 nitrogen and oxygen atoms in total. The number of aromatic amines is 1. The van der Waals surface area contributed by atoms with Gasteiger partial charge < -0.3 is 5.32 Å². The van der Waals surface area contributed by atoms with E-state index in [1.807, 2.05) is 24.3 Å². The van der Waals surface area contributed by atoms with E-state index >= 15 is 0 Å². The molecule has 0 radical (unpaired) electrons. The van der Waals surface area contributed by atoms with Crippen LogP contribution >= 0.6 is 23.2 Å². The maximum atomic E-state index is 12.0. The molecule has 0 unspecified atom stereocenters. The third-order valence-corrected chi connectivity index (χ3v) is 3.44. The highest BCUT2D eigenvalue weighted by atomic mass is 35.5. The molecule has 0 aliphatic carbocycles. The molecule has 1 amide bonds. The van der Waals surface area contributed by atoms with Gasteiger partial charge in [0.15, 0.2) is 0 Å². The van der Waals surface area contributed by atoms with Crippen molar-refractivity contribution < 1.29 is 4.79 Å². The first-order valence-electron chi connectivity index (χ1n) is 6.02. The number of nitrogens with zero attached hydrogens (tertiary/aromatic N) is 1. The molecule has 0 spiro atoms. The van der Waals surface area contributed by atoms with E-state index in [0.717, 1.165) is 16.6 Å².